The molecule has 1 aromatic rings. The fourth-order valence-corrected chi connectivity index (χ4v) is 6.67. The van der Waals surface area contributed by atoms with Gasteiger partial charge in [0.15, 0.2) is 26.8 Å². The molecule has 0 radical (unpaired) electrons. The predicted octanol–water partition coefficient (Wildman–Crippen LogP) is 6.12. The number of rotatable bonds is 11. The molecule has 1 fully saturated rings. The van der Waals surface area contributed by atoms with Crippen LogP contribution in [-0.4, -0.2) is 78.0 Å². The highest BCUT2D eigenvalue weighted by molar-refractivity contribution is 7.53. The molecule has 3 heterocycles. The molecule has 0 aliphatic carbocycles. The number of aliphatic imine (C=N–C) groups is 1. The van der Waals surface area contributed by atoms with Gasteiger partial charge in [0.1, 0.15) is 18.2 Å². The summed E-state index contributed by atoms with van der Waals surface area (Å²) in [6, 6.07) is 0. The molecule has 1 amide bonds. The van der Waals surface area contributed by atoms with Gasteiger partial charge in [-0.3, -0.25) is 14.0 Å². The lowest BCUT2D eigenvalue weighted by Gasteiger charge is -2.38. The van der Waals surface area contributed by atoms with Gasteiger partial charge in [-0.15, -0.1) is 0 Å². The van der Waals surface area contributed by atoms with E-state index in [4.69, 9.17) is 28.2 Å². The number of ether oxygens (including phenoxy) is 3. The number of hydrogen-bond acceptors (Lipinski definition) is 10. The molecule has 0 bridgehead atoms. The maximum absolute atomic E-state index is 13.0. The smallest absolute Gasteiger partial charge is 0.415 e. The quantitative estimate of drug-likeness (QED) is 0.235. The van der Waals surface area contributed by atoms with Crippen molar-refractivity contribution in [3.05, 3.63) is 12.0 Å². The van der Waals surface area contributed by atoms with Crippen LogP contribution in [0.2, 0.25) is 18.1 Å². The van der Waals surface area contributed by atoms with Crippen LogP contribution in [0.5, 0.6) is 0 Å². The van der Waals surface area contributed by atoms with Gasteiger partial charge in [0.05, 0.1) is 25.2 Å². The molecular weight excluding hydrogens is 555 g/mol. The van der Waals surface area contributed by atoms with Crippen molar-refractivity contribution in [3.63, 3.8) is 0 Å². The molecule has 1 aromatic heterocycles. The summed E-state index contributed by atoms with van der Waals surface area (Å²) < 4.78 is 42.8. The zero-order valence-corrected chi connectivity index (χ0v) is 27.3. The van der Waals surface area contributed by atoms with Crippen molar-refractivity contribution in [1.29, 1.82) is 0 Å². The molecule has 228 valence electrons. The Morgan fingerprint density at radius 3 is 2.40 bits per heavy atom. The first-order valence-electron chi connectivity index (χ1n) is 14.0. The summed E-state index contributed by atoms with van der Waals surface area (Å²) >= 11 is 0. The number of carbonyl (C=O) groups excluding carboxylic acids is 1. The summed E-state index contributed by atoms with van der Waals surface area (Å²) in [5.41, 5.74) is 0.0756. The maximum atomic E-state index is 13.0. The molecule has 1 saturated heterocycles. The molecule has 3 atom stereocenters. The van der Waals surface area contributed by atoms with Crippen LogP contribution in [-0.2, 0) is 27.8 Å². The van der Waals surface area contributed by atoms with Crippen molar-refractivity contribution in [3.8, 4) is 0 Å². The first-order chi connectivity index (χ1) is 18.5. The standard InChI is InChI=1S/C26H47N4O8PSi/c1-10-35-39(32,36-11-2)18-34-21-13-12-20(37-21)30-17-27-22-19(14-26(6,7)40(8,9)33)15-29(16-28-23(22)30)24(31)38-25(3,4)5/h16-17,19-21,33H,10-15,18H2,1-9H3/t19-,20-,21+/m1/s1. The van der Waals surface area contributed by atoms with Crippen molar-refractivity contribution >= 4 is 34.2 Å². The second-order valence-corrected chi connectivity index (χ2v) is 18.9. The summed E-state index contributed by atoms with van der Waals surface area (Å²) in [5, 5.41) is -0.361. The molecule has 1 N–H and O–H groups in total. The highest BCUT2D eigenvalue weighted by Crippen LogP contribution is 2.49. The number of amides is 1. The zero-order chi connectivity index (χ0) is 29.9. The highest BCUT2D eigenvalue weighted by atomic mass is 31.2. The third-order valence-corrected chi connectivity index (χ3v) is 12.6. The van der Waals surface area contributed by atoms with E-state index >= 15 is 0 Å². The molecule has 0 unspecified atom stereocenters. The van der Waals surface area contributed by atoms with E-state index in [1.807, 2.05) is 38.4 Å². The molecule has 12 nitrogen and oxygen atoms in total. The summed E-state index contributed by atoms with van der Waals surface area (Å²) in [4.78, 5) is 34.9. The molecule has 40 heavy (non-hydrogen) atoms. The summed E-state index contributed by atoms with van der Waals surface area (Å²) in [6.07, 6.45) is 3.29. The van der Waals surface area contributed by atoms with E-state index in [0.717, 1.165) is 5.69 Å². The monoisotopic (exact) mass is 602 g/mol. The number of hydrogen-bond donors (Lipinski definition) is 1. The molecule has 2 aliphatic heterocycles. The first-order valence-corrected chi connectivity index (χ1v) is 18.6. The Bertz CT molecular complexity index is 1090. The Morgan fingerprint density at radius 2 is 1.82 bits per heavy atom. The summed E-state index contributed by atoms with van der Waals surface area (Å²) in [6.45, 7) is 17.8. The molecule has 0 aromatic carbocycles. The normalized spacial score (nSPS) is 22.4. The van der Waals surface area contributed by atoms with E-state index in [2.05, 4.69) is 18.8 Å². The van der Waals surface area contributed by atoms with Crippen molar-refractivity contribution in [2.45, 2.75) is 110 Å². The Labute approximate surface area is 239 Å². The fourth-order valence-electron chi connectivity index (χ4n) is 4.56. The van der Waals surface area contributed by atoms with Crippen molar-refractivity contribution in [1.82, 2.24) is 14.5 Å². The van der Waals surface area contributed by atoms with E-state index in [1.165, 1.54) is 11.2 Å². The number of aromatic nitrogens is 2. The predicted molar refractivity (Wildman–Crippen MR) is 154 cm³/mol. The Kier molecular flexibility index (Phi) is 10.5. The van der Waals surface area contributed by atoms with Crippen molar-refractivity contribution in [2.75, 3.05) is 26.1 Å². The van der Waals surface area contributed by atoms with Crippen LogP contribution in [0.1, 0.15) is 85.6 Å². The van der Waals surface area contributed by atoms with Gasteiger partial charge < -0.3 is 28.1 Å². The van der Waals surface area contributed by atoms with Gasteiger partial charge in [0, 0.05) is 18.9 Å². The van der Waals surface area contributed by atoms with Gasteiger partial charge in [-0.05, 0) is 65.6 Å². The maximum Gasteiger partial charge on any atom is 0.415 e. The second-order valence-electron chi connectivity index (χ2n) is 12.4. The van der Waals surface area contributed by atoms with Gasteiger partial charge in [0.2, 0.25) is 0 Å². The number of carbonyl (C=O) groups is 1. The van der Waals surface area contributed by atoms with Crippen LogP contribution < -0.4 is 0 Å². The zero-order valence-electron chi connectivity index (χ0n) is 25.4. The Hall–Kier alpha value is -1.60. The summed E-state index contributed by atoms with van der Waals surface area (Å²) in [5.74, 6) is 0.390. The minimum Gasteiger partial charge on any atom is -0.443 e. The lowest BCUT2D eigenvalue weighted by atomic mass is 9.92. The number of fused-ring (bicyclic) bond motifs is 1. The van der Waals surface area contributed by atoms with E-state index in [0.29, 0.717) is 31.6 Å². The van der Waals surface area contributed by atoms with Crippen LogP contribution in [0.15, 0.2) is 11.3 Å². The lowest BCUT2D eigenvalue weighted by Crippen LogP contribution is -2.42. The van der Waals surface area contributed by atoms with E-state index < -0.39 is 40.1 Å². The van der Waals surface area contributed by atoms with Crippen LogP contribution in [0.3, 0.4) is 0 Å². The molecule has 2 aliphatic rings. The number of nitrogens with zero attached hydrogens (tertiary/aromatic N) is 4. The first kappa shape index (κ1) is 32.9. The SMILES string of the molecule is CCOP(=O)(CO[C@@H]1CC[C@H](n2cnc3c2N=CN(C(=O)OC(C)(C)C)C[C@H]3CC(C)(C)[Si](C)(C)O)O1)OCC. The van der Waals surface area contributed by atoms with E-state index in [-0.39, 0.29) is 30.5 Å². The van der Waals surface area contributed by atoms with E-state index in [1.54, 1.807) is 20.2 Å². The van der Waals surface area contributed by atoms with Crippen LogP contribution >= 0.6 is 7.60 Å². The van der Waals surface area contributed by atoms with Gasteiger partial charge in [-0.2, -0.15) is 0 Å². The lowest BCUT2D eigenvalue weighted by molar-refractivity contribution is -0.141. The molecule has 0 saturated carbocycles. The number of imidazole rings is 1. The molecule has 3 rings (SSSR count). The van der Waals surface area contributed by atoms with Gasteiger partial charge in [-0.1, -0.05) is 13.8 Å². The van der Waals surface area contributed by atoms with E-state index in [9.17, 15) is 14.2 Å². The molecule has 0 spiro atoms. The Balaban J connectivity index is 1.84. The minimum atomic E-state index is -3.36. The average Bonchev–Trinajstić information content (AvgIpc) is 3.41. The molecular formula is C26H47N4O8PSi. The topological polar surface area (TPSA) is 134 Å². The molecule has 14 heteroatoms. The fraction of sp³-hybridized carbons (Fsp3) is 0.808. The van der Waals surface area contributed by atoms with Crippen molar-refractivity contribution < 1.29 is 37.4 Å². The Morgan fingerprint density at radius 1 is 1.18 bits per heavy atom. The van der Waals surface area contributed by atoms with Gasteiger partial charge >= 0.3 is 13.7 Å². The van der Waals surface area contributed by atoms with Crippen LogP contribution in [0, 0.1) is 0 Å². The largest absolute Gasteiger partial charge is 0.443 e. The van der Waals surface area contributed by atoms with Crippen LogP contribution in [0.25, 0.3) is 0 Å². The highest BCUT2D eigenvalue weighted by Gasteiger charge is 2.43. The van der Waals surface area contributed by atoms with Crippen molar-refractivity contribution in [2.24, 2.45) is 4.99 Å². The van der Waals surface area contributed by atoms with Gasteiger partial charge in [0.25, 0.3) is 0 Å². The second kappa shape index (κ2) is 12.7. The third kappa shape index (κ3) is 8.24. The van der Waals surface area contributed by atoms with Crippen LogP contribution in [0.4, 0.5) is 10.6 Å². The average molecular weight is 603 g/mol. The minimum absolute atomic E-state index is 0.197. The van der Waals surface area contributed by atoms with Gasteiger partial charge in [-0.25, -0.2) is 14.8 Å². The summed E-state index contributed by atoms with van der Waals surface area (Å²) in [7, 11) is -5.91. The third-order valence-electron chi connectivity index (χ3n) is 7.30.